The Hall–Kier alpha value is -0.310. The van der Waals surface area contributed by atoms with Crippen LogP contribution in [0.2, 0.25) is 5.02 Å². The van der Waals surface area contributed by atoms with Gasteiger partial charge in [0.05, 0.1) is 0 Å². The summed E-state index contributed by atoms with van der Waals surface area (Å²) in [6.07, 6.45) is 0. The van der Waals surface area contributed by atoms with Crippen LogP contribution in [0.5, 0.6) is 0 Å². The lowest BCUT2D eigenvalue weighted by Gasteiger charge is -2.15. The normalized spacial score (nSPS) is 12.5. The van der Waals surface area contributed by atoms with E-state index in [-0.39, 0.29) is 6.04 Å². The number of halogens is 2. The summed E-state index contributed by atoms with van der Waals surface area (Å²) in [7, 11) is 0. The molecule has 0 radical (unpaired) electrons. The van der Waals surface area contributed by atoms with E-state index in [9.17, 15) is 0 Å². The molecule has 0 heterocycles. The third-order valence-electron chi connectivity index (χ3n) is 2.14. The molecule has 1 rings (SSSR count). The first-order valence-electron chi connectivity index (χ1n) is 4.83. The minimum Gasteiger partial charge on any atom is -0.306 e. The van der Waals surface area contributed by atoms with Crippen molar-refractivity contribution in [2.24, 2.45) is 0 Å². The predicted molar refractivity (Wildman–Crippen MR) is 70.4 cm³/mol. The molecule has 1 atom stereocenters. The smallest absolute Gasteiger partial charge is 0.0464 e. The van der Waals surface area contributed by atoms with E-state index in [1.165, 1.54) is 0 Å². The van der Waals surface area contributed by atoms with Crippen LogP contribution in [0.1, 0.15) is 25.5 Å². The minimum absolute atomic E-state index is 0.238. The fourth-order valence-electron chi connectivity index (χ4n) is 1.29. The van der Waals surface area contributed by atoms with Gasteiger partial charge in [-0.3, -0.25) is 0 Å². The molecule has 0 bridgehead atoms. The maximum Gasteiger partial charge on any atom is 0.0464 e. The van der Waals surface area contributed by atoms with Crippen LogP contribution in [0.15, 0.2) is 34.8 Å². The third kappa shape index (κ3) is 3.98. The van der Waals surface area contributed by atoms with E-state index in [1.54, 1.807) is 0 Å². The zero-order valence-electron chi connectivity index (χ0n) is 8.98. The summed E-state index contributed by atoms with van der Waals surface area (Å²) < 4.78 is 1.00. The van der Waals surface area contributed by atoms with Gasteiger partial charge in [0.2, 0.25) is 0 Å². The Morgan fingerprint density at radius 2 is 2.27 bits per heavy atom. The van der Waals surface area contributed by atoms with Crippen molar-refractivity contribution < 1.29 is 0 Å². The predicted octanol–water partition coefficient (Wildman–Crippen LogP) is 4.33. The van der Waals surface area contributed by atoms with E-state index >= 15 is 0 Å². The highest BCUT2D eigenvalue weighted by Crippen LogP contribution is 2.26. The molecule has 0 aliphatic carbocycles. The summed E-state index contributed by atoms with van der Waals surface area (Å²) in [4.78, 5) is 0. The number of rotatable bonds is 4. The van der Waals surface area contributed by atoms with Gasteiger partial charge in [0.1, 0.15) is 0 Å². The Kier molecular flexibility index (Phi) is 4.84. The van der Waals surface area contributed by atoms with Crippen LogP contribution in [0.3, 0.4) is 0 Å². The van der Waals surface area contributed by atoms with Crippen molar-refractivity contribution in [3.05, 3.63) is 45.4 Å². The van der Waals surface area contributed by atoms with E-state index in [1.807, 2.05) is 25.1 Å². The molecule has 82 valence electrons. The number of nitrogens with one attached hydrogen (secondary N) is 1. The third-order valence-corrected chi connectivity index (χ3v) is 2.96. The van der Waals surface area contributed by atoms with Crippen molar-refractivity contribution in [2.45, 2.75) is 19.9 Å². The molecular weight excluding hydrogens is 273 g/mol. The molecule has 0 aromatic heterocycles. The zero-order valence-corrected chi connectivity index (χ0v) is 11.3. The average Bonchev–Trinajstić information content (AvgIpc) is 2.14. The molecule has 1 N–H and O–H groups in total. The highest BCUT2D eigenvalue weighted by atomic mass is 79.9. The topological polar surface area (TPSA) is 12.0 Å². The molecule has 0 aliphatic rings. The summed E-state index contributed by atoms with van der Waals surface area (Å²) in [6, 6.07) is 6.18. The summed E-state index contributed by atoms with van der Waals surface area (Å²) in [5.74, 6) is 0. The minimum atomic E-state index is 0.238. The van der Waals surface area contributed by atoms with Gasteiger partial charge in [0, 0.05) is 22.1 Å². The van der Waals surface area contributed by atoms with Crippen molar-refractivity contribution in [1.82, 2.24) is 5.32 Å². The lowest BCUT2D eigenvalue weighted by molar-refractivity contribution is 0.607. The monoisotopic (exact) mass is 287 g/mol. The van der Waals surface area contributed by atoms with Crippen molar-refractivity contribution in [3.63, 3.8) is 0 Å². The van der Waals surface area contributed by atoms with Crippen molar-refractivity contribution in [2.75, 3.05) is 6.54 Å². The SMILES string of the molecule is C=C(C)CNC(C)c1ccc(Br)cc1Cl. The standard InChI is InChI=1S/C12H15BrClN/c1-8(2)7-15-9(3)11-5-4-10(13)6-12(11)14/h4-6,9,15H,1,7H2,2-3H3. The summed E-state index contributed by atoms with van der Waals surface area (Å²) in [6.45, 7) is 8.77. The van der Waals surface area contributed by atoms with Gasteiger partial charge >= 0.3 is 0 Å². The van der Waals surface area contributed by atoms with Crippen LogP contribution in [0, 0.1) is 0 Å². The van der Waals surface area contributed by atoms with Gasteiger partial charge in [-0.25, -0.2) is 0 Å². The lowest BCUT2D eigenvalue weighted by Crippen LogP contribution is -2.20. The molecule has 0 amide bonds. The molecule has 1 unspecified atom stereocenters. The van der Waals surface area contributed by atoms with E-state index in [0.29, 0.717) is 0 Å². The number of benzene rings is 1. The van der Waals surface area contributed by atoms with Crippen molar-refractivity contribution in [1.29, 1.82) is 0 Å². The van der Waals surface area contributed by atoms with Crippen LogP contribution in [-0.4, -0.2) is 6.54 Å². The van der Waals surface area contributed by atoms with Gasteiger partial charge in [0.25, 0.3) is 0 Å². The van der Waals surface area contributed by atoms with Crippen LogP contribution >= 0.6 is 27.5 Å². The maximum absolute atomic E-state index is 6.15. The number of hydrogen-bond acceptors (Lipinski definition) is 1. The first kappa shape index (κ1) is 12.8. The van der Waals surface area contributed by atoms with Gasteiger partial charge in [0.15, 0.2) is 0 Å². The Labute approximate surface area is 105 Å². The van der Waals surface area contributed by atoms with E-state index in [0.717, 1.165) is 27.2 Å². The molecule has 1 aromatic carbocycles. The van der Waals surface area contributed by atoms with Gasteiger partial charge in [-0.05, 0) is 31.5 Å². The van der Waals surface area contributed by atoms with Crippen LogP contribution in [-0.2, 0) is 0 Å². The molecule has 3 heteroatoms. The van der Waals surface area contributed by atoms with Crippen LogP contribution < -0.4 is 5.32 Å². The van der Waals surface area contributed by atoms with Crippen molar-refractivity contribution >= 4 is 27.5 Å². The quantitative estimate of drug-likeness (QED) is 0.813. The highest BCUT2D eigenvalue weighted by Gasteiger charge is 2.08. The maximum atomic E-state index is 6.15. The lowest BCUT2D eigenvalue weighted by atomic mass is 10.1. The molecule has 0 spiro atoms. The molecule has 1 aromatic rings. The molecule has 0 fully saturated rings. The molecule has 15 heavy (non-hydrogen) atoms. The molecule has 0 saturated carbocycles. The van der Waals surface area contributed by atoms with Gasteiger partial charge in [-0.15, -0.1) is 0 Å². The Morgan fingerprint density at radius 3 is 2.80 bits per heavy atom. The fraction of sp³-hybridized carbons (Fsp3) is 0.333. The first-order valence-corrected chi connectivity index (χ1v) is 6.00. The summed E-state index contributed by atoms with van der Waals surface area (Å²) >= 11 is 9.54. The molecule has 1 nitrogen and oxygen atoms in total. The van der Waals surface area contributed by atoms with Crippen molar-refractivity contribution in [3.8, 4) is 0 Å². The summed E-state index contributed by atoms with van der Waals surface area (Å²) in [5, 5.41) is 4.14. The number of hydrogen-bond donors (Lipinski definition) is 1. The molecule has 0 aliphatic heterocycles. The molecule has 0 saturated heterocycles. The second-order valence-electron chi connectivity index (χ2n) is 3.73. The van der Waals surface area contributed by atoms with E-state index in [2.05, 4.69) is 34.7 Å². The average molecular weight is 289 g/mol. The Balaban J connectivity index is 2.73. The second-order valence-corrected chi connectivity index (χ2v) is 5.05. The largest absolute Gasteiger partial charge is 0.306 e. The Bertz CT molecular complexity index is 363. The van der Waals surface area contributed by atoms with Crippen LogP contribution in [0.25, 0.3) is 0 Å². The summed E-state index contributed by atoms with van der Waals surface area (Å²) in [5.41, 5.74) is 2.23. The van der Waals surface area contributed by atoms with E-state index < -0.39 is 0 Å². The fourth-order valence-corrected chi connectivity index (χ4v) is 2.13. The van der Waals surface area contributed by atoms with Gasteiger partial charge < -0.3 is 5.32 Å². The second kappa shape index (κ2) is 5.69. The molecular formula is C12H15BrClN. The first-order chi connectivity index (χ1) is 7.00. The Morgan fingerprint density at radius 1 is 1.60 bits per heavy atom. The van der Waals surface area contributed by atoms with Gasteiger partial charge in [-0.2, -0.15) is 0 Å². The van der Waals surface area contributed by atoms with E-state index in [4.69, 9.17) is 11.6 Å². The zero-order chi connectivity index (χ0) is 11.4. The van der Waals surface area contributed by atoms with Gasteiger partial charge in [-0.1, -0.05) is 45.7 Å². The van der Waals surface area contributed by atoms with Crippen LogP contribution in [0.4, 0.5) is 0 Å². The highest BCUT2D eigenvalue weighted by molar-refractivity contribution is 9.10.